The van der Waals surface area contributed by atoms with Crippen LogP contribution >= 0.6 is 0 Å². The minimum absolute atomic E-state index is 0.0270. The van der Waals surface area contributed by atoms with Crippen molar-refractivity contribution in [1.29, 1.82) is 0 Å². The molecule has 2 aliphatic heterocycles. The van der Waals surface area contributed by atoms with E-state index in [1.165, 1.54) is 0 Å². The molecule has 8 nitrogen and oxygen atoms in total. The molecule has 1 saturated carbocycles. The Bertz CT molecular complexity index is 824. The molecule has 31 heavy (non-hydrogen) atoms. The predicted molar refractivity (Wildman–Crippen MR) is 116 cm³/mol. The minimum atomic E-state index is -0.537. The Labute approximate surface area is 184 Å². The van der Waals surface area contributed by atoms with Gasteiger partial charge in [-0.1, -0.05) is 57.0 Å². The van der Waals surface area contributed by atoms with Crippen molar-refractivity contribution in [3.63, 3.8) is 0 Å². The molecule has 0 spiro atoms. The van der Waals surface area contributed by atoms with Gasteiger partial charge in [0.25, 0.3) is 0 Å². The van der Waals surface area contributed by atoms with E-state index in [-0.39, 0.29) is 36.3 Å². The quantitative estimate of drug-likeness (QED) is 0.798. The molecule has 0 unspecified atom stereocenters. The molecule has 1 aliphatic carbocycles. The molecule has 168 valence electrons. The monoisotopic (exact) mass is 427 g/mol. The highest BCUT2D eigenvalue weighted by Crippen LogP contribution is 2.33. The van der Waals surface area contributed by atoms with Crippen LogP contribution in [-0.2, 0) is 16.1 Å². The lowest BCUT2D eigenvalue weighted by Crippen LogP contribution is -2.77. The van der Waals surface area contributed by atoms with Crippen molar-refractivity contribution in [3.8, 4) is 0 Å². The highest BCUT2D eigenvalue weighted by atomic mass is 16.2. The van der Waals surface area contributed by atoms with E-state index in [9.17, 15) is 14.4 Å². The van der Waals surface area contributed by atoms with E-state index in [0.717, 1.165) is 31.2 Å². The lowest BCUT2D eigenvalue weighted by atomic mass is 9.95. The summed E-state index contributed by atoms with van der Waals surface area (Å²) in [5.74, 6) is -0.0979. The Kier molecular flexibility index (Phi) is 6.18. The number of rotatable bonds is 4. The van der Waals surface area contributed by atoms with Gasteiger partial charge in [-0.05, 0) is 24.3 Å². The van der Waals surface area contributed by atoms with Crippen LogP contribution < -0.4 is 5.32 Å². The summed E-state index contributed by atoms with van der Waals surface area (Å²) in [6.45, 7) is 4.80. The van der Waals surface area contributed by atoms with E-state index in [4.69, 9.17) is 0 Å². The zero-order chi connectivity index (χ0) is 22.1. The zero-order valence-electron chi connectivity index (χ0n) is 18.7. The fourth-order valence-corrected chi connectivity index (χ4v) is 5.22. The Morgan fingerprint density at radius 1 is 1.13 bits per heavy atom. The summed E-state index contributed by atoms with van der Waals surface area (Å²) in [5, 5.41) is 6.31. The number of carbonyl (C=O) groups excluding carboxylic acids is 3. The van der Waals surface area contributed by atoms with Crippen LogP contribution in [0.5, 0.6) is 0 Å². The molecule has 4 rings (SSSR count). The van der Waals surface area contributed by atoms with Crippen molar-refractivity contribution in [2.45, 2.75) is 64.3 Å². The number of piperazine rings is 1. The van der Waals surface area contributed by atoms with Gasteiger partial charge in [0, 0.05) is 19.6 Å². The normalized spacial score (nSPS) is 25.4. The predicted octanol–water partition coefficient (Wildman–Crippen LogP) is 2.02. The van der Waals surface area contributed by atoms with Gasteiger partial charge in [0.05, 0.1) is 13.1 Å². The number of hydrogen-bond donors (Lipinski definition) is 1. The maximum Gasteiger partial charge on any atom is 0.334 e. The lowest BCUT2D eigenvalue weighted by Gasteiger charge is -2.56. The van der Waals surface area contributed by atoms with Gasteiger partial charge in [-0.3, -0.25) is 9.59 Å². The Morgan fingerprint density at radius 3 is 2.45 bits per heavy atom. The molecule has 2 atom stereocenters. The number of benzene rings is 1. The van der Waals surface area contributed by atoms with Gasteiger partial charge >= 0.3 is 6.03 Å². The highest BCUT2D eigenvalue weighted by Gasteiger charge is 2.52. The molecule has 1 aromatic carbocycles. The largest absolute Gasteiger partial charge is 0.334 e. The number of nitrogens with zero attached hydrogens (tertiary/aromatic N) is 4. The van der Waals surface area contributed by atoms with Crippen molar-refractivity contribution in [3.05, 3.63) is 35.9 Å². The van der Waals surface area contributed by atoms with Crippen molar-refractivity contribution in [2.75, 3.05) is 20.1 Å². The number of hydrazine groups is 1. The van der Waals surface area contributed by atoms with E-state index >= 15 is 0 Å². The number of amides is 4. The van der Waals surface area contributed by atoms with Crippen LogP contribution in [0.25, 0.3) is 0 Å². The molecule has 0 radical (unpaired) electrons. The molecule has 2 heterocycles. The first-order chi connectivity index (χ1) is 14.9. The Hall–Kier alpha value is -2.61. The maximum absolute atomic E-state index is 13.4. The fraction of sp³-hybridized carbons (Fsp3) is 0.609. The highest BCUT2D eigenvalue weighted by molar-refractivity contribution is 5.91. The summed E-state index contributed by atoms with van der Waals surface area (Å²) < 4.78 is 0. The van der Waals surface area contributed by atoms with E-state index in [0.29, 0.717) is 13.1 Å². The first kappa shape index (κ1) is 21.6. The molecule has 3 aliphatic rings. The second-order valence-electron chi connectivity index (χ2n) is 9.20. The zero-order valence-corrected chi connectivity index (χ0v) is 18.7. The maximum atomic E-state index is 13.4. The van der Waals surface area contributed by atoms with Gasteiger partial charge in [0.2, 0.25) is 11.8 Å². The lowest BCUT2D eigenvalue weighted by molar-refractivity contribution is -0.192. The Balaban J connectivity index is 1.60. The van der Waals surface area contributed by atoms with E-state index < -0.39 is 12.2 Å². The number of fused-ring (bicyclic) bond motifs is 1. The molecule has 2 saturated heterocycles. The number of urea groups is 1. The summed E-state index contributed by atoms with van der Waals surface area (Å²) in [7, 11) is 1.76. The van der Waals surface area contributed by atoms with E-state index in [2.05, 4.69) is 5.32 Å². The van der Waals surface area contributed by atoms with Gasteiger partial charge < -0.3 is 15.1 Å². The number of hydrogen-bond acceptors (Lipinski definition) is 4. The molecule has 1 aromatic rings. The molecule has 3 fully saturated rings. The third-order valence-electron chi connectivity index (χ3n) is 6.71. The smallest absolute Gasteiger partial charge is 0.334 e. The van der Waals surface area contributed by atoms with Crippen LogP contribution in [0.3, 0.4) is 0 Å². The van der Waals surface area contributed by atoms with Gasteiger partial charge in [-0.25, -0.2) is 14.8 Å². The molecular formula is C23H33N5O3. The SMILES string of the molecule is CC(C)[C@H]1C(=O)N(C2CCCC2)C[C@H]2N1C(=O)CN(C)N2C(=O)NCc1ccccc1. The van der Waals surface area contributed by atoms with Crippen LogP contribution in [0, 0.1) is 5.92 Å². The summed E-state index contributed by atoms with van der Waals surface area (Å²) in [6, 6.07) is 9.16. The summed E-state index contributed by atoms with van der Waals surface area (Å²) >= 11 is 0. The van der Waals surface area contributed by atoms with Gasteiger partial charge in [0.1, 0.15) is 12.2 Å². The van der Waals surface area contributed by atoms with E-state index in [1.54, 1.807) is 22.0 Å². The van der Waals surface area contributed by atoms with Gasteiger partial charge in [-0.15, -0.1) is 0 Å². The van der Waals surface area contributed by atoms with Gasteiger partial charge in [0.15, 0.2) is 0 Å². The van der Waals surface area contributed by atoms with Crippen molar-refractivity contribution in [1.82, 2.24) is 25.1 Å². The molecule has 1 N–H and O–H groups in total. The molecule has 0 aromatic heterocycles. The topological polar surface area (TPSA) is 76.2 Å². The van der Waals surface area contributed by atoms with Crippen LogP contribution in [-0.4, -0.2) is 76.0 Å². The standard InChI is InChI=1S/C23H33N5O3/c1-16(2)21-22(30)26(18-11-7-8-12-18)14-19-27(21)20(29)15-25(3)28(19)23(31)24-13-17-9-5-4-6-10-17/h4-6,9-10,16,18-19,21H,7-8,11-15H2,1-3H3,(H,24,31)/t19-,21-/m0/s1. The van der Waals surface area contributed by atoms with Crippen molar-refractivity contribution < 1.29 is 14.4 Å². The first-order valence-corrected chi connectivity index (χ1v) is 11.3. The molecule has 8 heteroatoms. The fourth-order valence-electron chi connectivity index (χ4n) is 5.22. The molecule has 4 amide bonds. The van der Waals surface area contributed by atoms with Crippen LogP contribution in [0.4, 0.5) is 4.79 Å². The van der Waals surface area contributed by atoms with Crippen LogP contribution in [0.15, 0.2) is 30.3 Å². The number of carbonyl (C=O) groups is 3. The second kappa shape index (κ2) is 8.86. The van der Waals surface area contributed by atoms with E-state index in [1.807, 2.05) is 49.1 Å². The minimum Gasteiger partial charge on any atom is -0.334 e. The second-order valence-corrected chi connectivity index (χ2v) is 9.20. The number of nitrogens with one attached hydrogen (secondary N) is 1. The first-order valence-electron chi connectivity index (χ1n) is 11.3. The summed E-state index contributed by atoms with van der Waals surface area (Å²) in [6.07, 6.45) is 3.73. The third-order valence-corrected chi connectivity index (χ3v) is 6.71. The average molecular weight is 428 g/mol. The third kappa shape index (κ3) is 4.13. The molecule has 0 bridgehead atoms. The van der Waals surface area contributed by atoms with Crippen LogP contribution in [0.1, 0.15) is 45.1 Å². The van der Waals surface area contributed by atoms with Gasteiger partial charge in [-0.2, -0.15) is 0 Å². The van der Waals surface area contributed by atoms with Crippen molar-refractivity contribution >= 4 is 17.8 Å². The Morgan fingerprint density at radius 2 is 1.81 bits per heavy atom. The number of likely N-dealkylation sites (N-methyl/N-ethyl adjacent to an activating group) is 1. The summed E-state index contributed by atoms with van der Waals surface area (Å²) in [5.41, 5.74) is 1.01. The van der Waals surface area contributed by atoms with Crippen molar-refractivity contribution in [2.24, 2.45) is 5.92 Å². The average Bonchev–Trinajstić information content (AvgIpc) is 3.27. The summed E-state index contributed by atoms with van der Waals surface area (Å²) in [4.78, 5) is 43.3. The molecular weight excluding hydrogens is 394 g/mol. The van der Waals surface area contributed by atoms with Crippen LogP contribution in [0.2, 0.25) is 0 Å².